The fourth-order valence-corrected chi connectivity index (χ4v) is 2.66. The Morgan fingerprint density at radius 1 is 1.42 bits per heavy atom. The minimum Gasteiger partial charge on any atom is -0.375 e. The van der Waals surface area contributed by atoms with Gasteiger partial charge in [0, 0.05) is 16.6 Å². The van der Waals surface area contributed by atoms with Crippen molar-refractivity contribution in [1.82, 2.24) is 4.90 Å². The van der Waals surface area contributed by atoms with Crippen molar-refractivity contribution >= 4 is 29.1 Å². The molecule has 1 aliphatic rings. The van der Waals surface area contributed by atoms with Crippen LogP contribution in [0.4, 0.5) is 0 Å². The van der Waals surface area contributed by atoms with Gasteiger partial charge in [0.1, 0.15) is 0 Å². The first-order valence-corrected chi connectivity index (χ1v) is 7.08. The first-order valence-electron chi connectivity index (χ1n) is 6.32. The predicted octanol–water partition coefficient (Wildman–Crippen LogP) is 3.17. The average molecular weight is 302 g/mol. The lowest BCUT2D eigenvalue weighted by atomic mass is 10.1. The van der Waals surface area contributed by atoms with E-state index in [1.54, 1.807) is 18.2 Å². The van der Waals surface area contributed by atoms with Gasteiger partial charge >= 0.3 is 0 Å². The maximum atomic E-state index is 12.3. The Bertz CT molecular complexity index is 479. The number of halogens is 2. The van der Waals surface area contributed by atoms with Crippen LogP contribution in [0.25, 0.3) is 0 Å². The molecule has 0 aromatic heterocycles. The number of ether oxygens (including phenoxy) is 1. The molecule has 104 valence electrons. The number of morpholine rings is 1. The molecule has 1 saturated heterocycles. The van der Waals surface area contributed by atoms with Crippen LogP contribution in [0, 0.1) is 0 Å². The second kappa shape index (κ2) is 6.12. The van der Waals surface area contributed by atoms with Crippen LogP contribution in [-0.4, -0.2) is 36.1 Å². The van der Waals surface area contributed by atoms with Gasteiger partial charge in [-0.2, -0.15) is 0 Å². The van der Waals surface area contributed by atoms with E-state index in [-0.39, 0.29) is 18.1 Å². The van der Waals surface area contributed by atoms with E-state index in [2.05, 4.69) is 0 Å². The third kappa shape index (κ3) is 3.62. The molecule has 1 aliphatic heterocycles. The molecule has 1 aromatic carbocycles. The number of nitrogens with zero attached hydrogens (tertiary/aromatic N) is 1. The number of hydrogen-bond acceptors (Lipinski definition) is 2. The Balaban J connectivity index is 2.07. The summed E-state index contributed by atoms with van der Waals surface area (Å²) in [6.07, 6.45) is 0.383. The number of amides is 1. The average Bonchev–Trinajstić information content (AvgIpc) is 2.35. The lowest BCUT2D eigenvalue weighted by molar-refractivity contribution is -0.142. The third-order valence-corrected chi connectivity index (χ3v) is 3.87. The summed E-state index contributed by atoms with van der Waals surface area (Å²) in [5.41, 5.74) is 0.808. The minimum atomic E-state index is 0.0758. The lowest BCUT2D eigenvalue weighted by Gasteiger charge is -2.37. The third-order valence-electron chi connectivity index (χ3n) is 3.28. The quantitative estimate of drug-likeness (QED) is 0.840. The highest BCUT2D eigenvalue weighted by Gasteiger charge is 2.27. The molecule has 3 nitrogen and oxygen atoms in total. The van der Waals surface area contributed by atoms with Crippen LogP contribution in [0.3, 0.4) is 0 Å². The van der Waals surface area contributed by atoms with E-state index < -0.39 is 0 Å². The summed E-state index contributed by atoms with van der Waals surface area (Å²) in [4.78, 5) is 14.2. The molecule has 0 bridgehead atoms. The summed E-state index contributed by atoms with van der Waals surface area (Å²) in [6.45, 7) is 5.18. The maximum absolute atomic E-state index is 12.3. The molecule has 1 amide bonds. The summed E-state index contributed by atoms with van der Waals surface area (Å²) in [5.74, 6) is 0.0758. The molecule has 2 rings (SSSR count). The van der Waals surface area contributed by atoms with Gasteiger partial charge in [0.2, 0.25) is 5.91 Å². The van der Waals surface area contributed by atoms with Gasteiger partial charge in [0.15, 0.2) is 0 Å². The highest BCUT2D eigenvalue weighted by atomic mass is 35.5. The molecule has 2 unspecified atom stereocenters. The Morgan fingerprint density at radius 3 is 2.84 bits per heavy atom. The Hall–Kier alpha value is -0.770. The van der Waals surface area contributed by atoms with Gasteiger partial charge in [-0.25, -0.2) is 0 Å². The molecule has 0 spiro atoms. The summed E-state index contributed by atoms with van der Waals surface area (Å²) in [6, 6.07) is 5.32. The standard InChI is InChI=1S/C14H17Cl2NO2/c1-9-8-19-10(2)7-17(9)14(18)5-11-3-4-12(15)6-13(11)16/h3-4,6,9-10H,5,7-8H2,1-2H3. The molecule has 2 atom stereocenters. The van der Waals surface area contributed by atoms with Crippen molar-refractivity contribution in [2.45, 2.75) is 32.4 Å². The van der Waals surface area contributed by atoms with Gasteiger partial charge in [0.25, 0.3) is 0 Å². The molecule has 0 N–H and O–H groups in total. The number of benzene rings is 1. The smallest absolute Gasteiger partial charge is 0.227 e. The van der Waals surface area contributed by atoms with Gasteiger partial charge < -0.3 is 9.64 Å². The highest BCUT2D eigenvalue weighted by Crippen LogP contribution is 2.22. The maximum Gasteiger partial charge on any atom is 0.227 e. The zero-order valence-electron chi connectivity index (χ0n) is 11.0. The van der Waals surface area contributed by atoms with Crippen molar-refractivity contribution in [2.24, 2.45) is 0 Å². The number of rotatable bonds is 2. The van der Waals surface area contributed by atoms with Crippen molar-refractivity contribution < 1.29 is 9.53 Å². The van der Waals surface area contributed by atoms with Gasteiger partial charge in [-0.05, 0) is 31.5 Å². The molecule has 0 radical (unpaired) electrons. The summed E-state index contributed by atoms with van der Waals surface area (Å²) in [7, 11) is 0. The van der Waals surface area contributed by atoms with Crippen LogP contribution in [0.15, 0.2) is 18.2 Å². The first kappa shape index (κ1) is 14.6. The molecule has 0 saturated carbocycles. The topological polar surface area (TPSA) is 29.5 Å². The fraction of sp³-hybridized carbons (Fsp3) is 0.500. The number of carbonyl (C=O) groups is 1. The van der Waals surface area contributed by atoms with E-state index in [1.165, 1.54) is 0 Å². The summed E-state index contributed by atoms with van der Waals surface area (Å²) >= 11 is 11.9. The van der Waals surface area contributed by atoms with E-state index in [1.807, 2.05) is 18.7 Å². The van der Waals surface area contributed by atoms with E-state index in [9.17, 15) is 4.79 Å². The number of hydrogen-bond donors (Lipinski definition) is 0. The van der Waals surface area contributed by atoms with Crippen LogP contribution >= 0.6 is 23.2 Å². The molecule has 1 heterocycles. The molecule has 19 heavy (non-hydrogen) atoms. The van der Waals surface area contributed by atoms with Gasteiger partial charge in [0.05, 0.1) is 25.2 Å². The SMILES string of the molecule is CC1CN(C(=O)Cc2ccc(Cl)cc2Cl)C(C)CO1. The van der Waals surface area contributed by atoms with E-state index in [4.69, 9.17) is 27.9 Å². The van der Waals surface area contributed by atoms with Gasteiger partial charge in [-0.15, -0.1) is 0 Å². The van der Waals surface area contributed by atoms with Crippen LogP contribution in [0.5, 0.6) is 0 Å². The van der Waals surface area contributed by atoms with Crippen LogP contribution in [-0.2, 0) is 16.0 Å². The van der Waals surface area contributed by atoms with Crippen LogP contribution < -0.4 is 0 Å². The van der Waals surface area contributed by atoms with Crippen molar-refractivity contribution in [3.05, 3.63) is 33.8 Å². The minimum absolute atomic E-state index is 0.0758. The van der Waals surface area contributed by atoms with Gasteiger partial charge in [-0.3, -0.25) is 4.79 Å². The fourth-order valence-electron chi connectivity index (χ4n) is 2.18. The summed E-state index contributed by atoms with van der Waals surface area (Å²) < 4.78 is 5.52. The van der Waals surface area contributed by atoms with Crippen molar-refractivity contribution in [3.8, 4) is 0 Å². The second-order valence-electron chi connectivity index (χ2n) is 4.95. The van der Waals surface area contributed by atoms with Crippen molar-refractivity contribution in [1.29, 1.82) is 0 Å². The van der Waals surface area contributed by atoms with E-state index in [0.717, 1.165) is 5.56 Å². The lowest BCUT2D eigenvalue weighted by Crippen LogP contribution is -2.50. The summed E-state index contributed by atoms with van der Waals surface area (Å²) in [5, 5.41) is 1.12. The Morgan fingerprint density at radius 2 is 2.16 bits per heavy atom. The number of carbonyl (C=O) groups excluding carboxylic acids is 1. The Labute approximate surface area is 123 Å². The van der Waals surface area contributed by atoms with Crippen molar-refractivity contribution in [3.63, 3.8) is 0 Å². The monoisotopic (exact) mass is 301 g/mol. The Kier molecular flexibility index (Phi) is 4.71. The molecule has 1 fully saturated rings. The normalized spacial score (nSPS) is 23.5. The van der Waals surface area contributed by atoms with Crippen LogP contribution in [0.2, 0.25) is 10.0 Å². The molecular formula is C14H17Cl2NO2. The van der Waals surface area contributed by atoms with Gasteiger partial charge in [-0.1, -0.05) is 29.3 Å². The zero-order valence-corrected chi connectivity index (χ0v) is 12.5. The van der Waals surface area contributed by atoms with E-state index >= 15 is 0 Å². The molecule has 5 heteroatoms. The molecular weight excluding hydrogens is 285 g/mol. The predicted molar refractivity (Wildman–Crippen MR) is 76.8 cm³/mol. The van der Waals surface area contributed by atoms with Crippen LogP contribution in [0.1, 0.15) is 19.4 Å². The molecule has 0 aliphatic carbocycles. The van der Waals surface area contributed by atoms with Crippen molar-refractivity contribution in [2.75, 3.05) is 13.2 Å². The second-order valence-corrected chi connectivity index (χ2v) is 5.80. The first-order chi connectivity index (χ1) is 8.97. The highest BCUT2D eigenvalue weighted by molar-refractivity contribution is 6.35. The molecule has 1 aromatic rings. The largest absolute Gasteiger partial charge is 0.375 e. The zero-order chi connectivity index (χ0) is 14.0. The van der Waals surface area contributed by atoms with E-state index in [0.29, 0.717) is 29.6 Å².